The van der Waals surface area contributed by atoms with E-state index in [-0.39, 0.29) is 25.5 Å². The molecule has 1 fully saturated rings. The zero-order valence-corrected chi connectivity index (χ0v) is 12.2. The van der Waals surface area contributed by atoms with Gasteiger partial charge in [-0.05, 0) is 5.53 Å². The van der Waals surface area contributed by atoms with Crippen LogP contribution in [0.4, 0.5) is 18.9 Å². The van der Waals surface area contributed by atoms with Gasteiger partial charge in [-0.25, -0.2) is 18.2 Å². The van der Waals surface area contributed by atoms with Gasteiger partial charge in [0.1, 0.15) is 23.1 Å². The van der Waals surface area contributed by atoms with E-state index < -0.39 is 34.6 Å². The molecule has 1 aromatic heterocycles. The van der Waals surface area contributed by atoms with Crippen molar-refractivity contribution >= 4 is 11.6 Å². The van der Waals surface area contributed by atoms with Crippen molar-refractivity contribution in [2.24, 2.45) is 5.11 Å². The molecule has 1 amide bonds. The van der Waals surface area contributed by atoms with E-state index in [1.165, 1.54) is 11.2 Å². The van der Waals surface area contributed by atoms with Crippen LogP contribution in [0.15, 0.2) is 29.9 Å². The van der Waals surface area contributed by atoms with Gasteiger partial charge in [-0.2, -0.15) is 0 Å². The molecule has 2 aromatic rings. The van der Waals surface area contributed by atoms with E-state index in [4.69, 9.17) is 5.53 Å². The maximum Gasteiger partial charge on any atom is 0.224 e. The summed E-state index contributed by atoms with van der Waals surface area (Å²) in [5, 5.41) is 2.93. The van der Waals surface area contributed by atoms with E-state index in [0.29, 0.717) is 6.07 Å². The average Bonchev–Trinajstić information content (AvgIpc) is 3.14. The highest BCUT2D eigenvalue weighted by Gasteiger charge is 2.35. The Kier molecular flexibility index (Phi) is 4.13. The Balaban J connectivity index is 1.91. The summed E-state index contributed by atoms with van der Waals surface area (Å²) >= 11 is 0. The molecule has 0 bridgehead atoms. The first-order valence-corrected chi connectivity index (χ1v) is 6.97. The van der Waals surface area contributed by atoms with Crippen molar-refractivity contribution in [2.75, 3.05) is 6.54 Å². The Morgan fingerprint density at radius 2 is 2.17 bits per heavy atom. The number of likely N-dealkylation sites (tertiary alicyclic amines) is 1. The van der Waals surface area contributed by atoms with Crippen LogP contribution in [0.1, 0.15) is 17.9 Å². The molecule has 1 unspecified atom stereocenters. The Morgan fingerprint density at radius 1 is 1.38 bits per heavy atom. The molecule has 2 heterocycles. The molecule has 0 radical (unpaired) electrons. The summed E-state index contributed by atoms with van der Waals surface area (Å²) in [6.07, 6.45) is 4.59. The minimum atomic E-state index is -1.29. The summed E-state index contributed by atoms with van der Waals surface area (Å²) in [6, 6.07) is 0.464. The molecule has 10 heteroatoms. The molecule has 1 saturated heterocycles. The molecular weight excluding hydrogens is 325 g/mol. The summed E-state index contributed by atoms with van der Waals surface area (Å²) < 4.78 is 43.6. The normalized spacial score (nSPS) is 17.2. The quantitative estimate of drug-likeness (QED) is 0.487. The number of nitrogens with zero attached hydrogens (tertiary/aromatic N) is 6. The van der Waals surface area contributed by atoms with Gasteiger partial charge in [0.2, 0.25) is 5.91 Å². The fourth-order valence-electron chi connectivity index (χ4n) is 2.77. The summed E-state index contributed by atoms with van der Waals surface area (Å²) in [4.78, 5) is 19.7. The summed E-state index contributed by atoms with van der Waals surface area (Å²) in [6.45, 7) is 0.259. The molecule has 24 heavy (non-hydrogen) atoms. The third kappa shape index (κ3) is 2.79. The molecule has 0 N–H and O–H groups in total. The molecule has 3 rings (SSSR count). The van der Waals surface area contributed by atoms with E-state index in [0.717, 1.165) is 0 Å². The van der Waals surface area contributed by atoms with Crippen LogP contribution in [0.3, 0.4) is 0 Å². The molecular formula is C14H11F3N6O. The molecule has 1 atom stereocenters. The zero-order chi connectivity index (χ0) is 17.3. The summed E-state index contributed by atoms with van der Waals surface area (Å²) in [7, 11) is 0. The van der Waals surface area contributed by atoms with Gasteiger partial charge in [0.25, 0.3) is 0 Å². The fraction of sp³-hybridized carbons (Fsp3) is 0.286. The number of carbonyl (C=O) groups is 1. The van der Waals surface area contributed by atoms with Crippen LogP contribution in [-0.4, -0.2) is 26.9 Å². The lowest BCUT2D eigenvalue weighted by molar-refractivity contribution is -0.129. The van der Waals surface area contributed by atoms with Crippen molar-refractivity contribution in [3.8, 4) is 0 Å². The summed E-state index contributed by atoms with van der Waals surface area (Å²) in [5.74, 6) is -4.75. The van der Waals surface area contributed by atoms with Gasteiger partial charge >= 0.3 is 0 Å². The van der Waals surface area contributed by atoms with E-state index in [9.17, 15) is 18.0 Å². The SMILES string of the molecule is [N-]=[N+]=Nc1c(F)cc(F)c(C2CC(=O)N(Cn3ccnc3)C2)c1F. The minimum Gasteiger partial charge on any atom is -0.324 e. The molecule has 0 spiro atoms. The van der Waals surface area contributed by atoms with Crippen molar-refractivity contribution < 1.29 is 18.0 Å². The second-order valence-corrected chi connectivity index (χ2v) is 5.34. The van der Waals surface area contributed by atoms with Gasteiger partial charge in [0.15, 0.2) is 0 Å². The highest BCUT2D eigenvalue weighted by molar-refractivity contribution is 5.79. The number of azide groups is 1. The highest BCUT2D eigenvalue weighted by Crippen LogP contribution is 2.37. The number of aromatic nitrogens is 2. The second-order valence-electron chi connectivity index (χ2n) is 5.34. The van der Waals surface area contributed by atoms with Gasteiger partial charge in [0.05, 0.1) is 13.0 Å². The van der Waals surface area contributed by atoms with Gasteiger partial charge in [-0.1, -0.05) is 5.11 Å². The van der Waals surface area contributed by atoms with Gasteiger partial charge in [0, 0.05) is 47.8 Å². The molecule has 124 valence electrons. The molecule has 1 aliphatic heterocycles. The van der Waals surface area contributed by atoms with E-state index in [1.807, 2.05) is 0 Å². The van der Waals surface area contributed by atoms with Gasteiger partial charge in [-0.15, -0.1) is 0 Å². The lowest BCUT2D eigenvalue weighted by atomic mass is 9.96. The van der Waals surface area contributed by atoms with Crippen LogP contribution in [0.25, 0.3) is 10.4 Å². The largest absolute Gasteiger partial charge is 0.324 e. The lowest BCUT2D eigenvalue weighted by Crippen LogP contribution is -2.27. The van der Waals surface area contributed by atoms with Gasteiger partial charge in [-0.3, -0.25) is 4.79 Å². The maximum absolute atomic E-state index is 14.4. The molecule has 7 nitrogen and oxygen atoms in total. The van der Waals surface area contributed by atoms with Crippen LogP contribution >= 0.6 is 0 Å². The highest BCUT2D eigenvalue weighted by atomic mass is 19.1. The zero-order valence-electron chi connectivity index (χ0n) is 12.2. The number of imidazole rings is 1. The molecule has 1 aliphatic rings. The van der Waals surface area contributed by atoms with Crippen LogP contribution in [0.2, 0.25) is 0 Å². The predicted octanol–water partition coefficient (Wildman–Crippen LogP) is 3.22. The Bertz CT molecular complexity index is 832. The van der Waals surface area contributed by atoms with Crippen LogP contribution in [0.5, 0.6) is 0 Å². The Labute approximate surface area is 133 Å². The van der Waals surface area contributed by atoms with E-state index in [1.54, 1.807) is 17.0 Å². The first-order valence-electron chi connectivity index (χ1n) is 6.97. The Morgan fingerprint density at radius 3 is 2.83 bits per heavy atom. The van der Waals surface area contributed by atoms with Crippen molar-refractivity contribution in [3.05, 3.63) is 58.2 Å². The first-order chi connectivity index (χ1) is 11.5. The van der Waals surface area contributed by atoms with Crippen molar-refractivity contribution in [2.45, 2.75) is 19.0 Å². The molecule has 1 aromatic carbocycles. The van der Waals surface area contributed by atoms with E-state index in [2.05, 4.69) is 15.0 Å². The number of halogens is 3. The minimum absolute atomic E-state index is 0.0617. The monoisotopic (exact) mass is 336 g/mol. The second kappa shape index (κ2) is 6.25. The topological polar surface area (TPSA) is 86.9 Å². The standard InChI is InChI=1S/C14H11F3N6O/c15-9-4-10(16)14(20-21-18)13(17)12(9)8-3-11(24)23(5-8)7-22-2-1-19-6-22/h1-2,4,6,8H,3,5,7H2. The van der Waals surface area contributed by atoms with E-state index >= 15 is 0 Å². The Hall–Kier alpha value is -3.00. The molecule has 0 aliphatic carbocycles. The van der Waals surface area contributed by atoms with Crippen LogP contribution in [-0.2, 0) is 11.5 Å². The van der Waals surface area contributed by atoms with Crippen molar-refractivity contribution in [1.82, 2.24) is 14.5 Å². The average molecular weight is 336 g/mol. The van der Waals surface area contributed by atoms with Crippen LogP contribution in [0, 0.1) is 17.5 Å². The third-order valence-corrected chi connectivity index (χ3v) is 3.84. The smallest absolute Gasteiger partial charge is 0.224 e. The van der Waals surface area contributed by atoms with Crippen molar-refractivity contribution in [3.63, 3.8) is 0 Å². The number of rotatable bonds is 4. The number of carbonyl (C=O) groups excluding carboxylic acids is 1. The van der Waals surface area contributed by atoms with Crippen molar-refractivity contribution in [1.29, 1.82) is 0 Å². The number of amides is 1. The molecule has 0 saturated carbocycles. The summed E-state index contributed by atoms with van der Waals surface area (Å²) in [5.41, 5.74) is 7.04. The first kappa shape index (κ1) is 15.9. The number of hydrogen-bond acceptors (Lipinski definition) is 3. The predicted molar refractivity (Wildman–Crippen MR) is 76.4 cm³/mol. The number of benzene rings is 1. The fourth-order valence-corrected chi connectivity index (χ4v) is 2.77. The lowest BCUT2D eigenvalue weighted by Gasteiger charge is -2.18. The third-order valence-electron chi connectivity index (χ3n) is 3.84. The maximum atomic E-state index is 14.4. The number of hydrogen-bond donors (Lipinski definition) is 0. The van der Waals surface area contributed by atoms with Crippen LogP contribution < -0.4 is 0 Å². The van der Waals surface area contributed by atoms with Gasteiger partial charge < -0.3 is 9.47 Å².